The fraction of sp³-hybridized carbons (Fsp3) is 0.533. The van der Waals surface area contributed by atoms with Crippen molar-refractivity contribution in [3.05, 3.63) is 22.2 Å². The molecule has 20 heavy (non-hydrogen) atoms. The molecule has 0 bridgehead atoms. The monoisotopic (exact) mass is 336 g/mol. The minimum absolute atomic E-state index is 0.241. The van der Waals surface area contributed by atoms with Gasteiger partial charge in [-0.1, -0.05) is 19.3 Å². The van der Waals surface area contributed by atoms with Gasteiger partial charge in [0, 0.05) is 6.04 Å². The molecule has 1 aliphatic carbocycles. The molecular weight excluding hydrogens is 320 g/mol. The zero-order chi connectivity index (χ0) is 13.9. The summed E-state index contributed by atoms with van der Waals surface area (Å²) in [6, 6.07) is 6.34. The highest BCUT2D eigenvalue weighted by atomic mass is 79.9. The lowest BCUT2D eigenvalue weighted by atomic mass is 9.94. The Morgan fingerprint density at radius 1 is 1.25 bits per heavy atom. The van der Waals surface area contributed by atoms with E-state index in [1.165, 1.54) is 19.3 Å². The Morgan fingerprint density at radius 2 is 2.05 bits per heavy atom. The molecule has 0 saturated heterocycles. The van der Waals surface area contributed by atoms with E-state index in [-0.39, 0.29) is 12.8 Å². The summed E-state index contributed by atoms with van der Waals surface area (Å²) in [6.45, 7) is 0.241. The quantitative estimate of drug-likeness (QED) is 0.914. The largest absolute Gasteiger partial charge is 0.454 e. The van der Waals surface area contributed by atoms with Crippen LogP contribution in [0.25, 0.3) is 0 Å². The molecular formula is C15H17BrN2O2. The molecule has 5 heteroatoms. The van der Waals surface area contributed by atoms with Crippen LogP contribution in [0.5, 0.6) is 11.5 Å². The smallest absolute Gasteiger partial charge is 0.231 e. The van der Waals surface area contributed by atoms with Crippen LogP contribution in [-0.4, -0.2) is 12.8 Å². The van der Waals surface area contributed by atoms with Crippen LogP contribution >= 0.6 is 15.9 Å². The summed E-state index contributed by atoms with van der Waals surface area (Å²) in [4.78, 5) is 0. The van der Waals surface area contributed by atoms with Gasteiger partial charge in [-0.05, 0) is 46.5 Å². The van der Waals surface area contributed by atoms with Crippen LogP contribution in [0.3, 0.4) is 0 Å². The fourth-order valence-corrected chi connectivity index (χ4v) is 3.44. The zero-order valence-electron chi connectivity index (χ0n) is 11.2. The van der Waals surface area contributed by atoms with Crippen molar-refractivity contribution in [1.29, 1.82) is 5.26 Å². The fourth-order valence-electron chi connectivity index (χ4n) is 2.87. The number of nitrogens with one attached hydrogen (secondary N) is 1. The van der Waals surface area contributed by atoms with Crippen molar-refractivity contribution in [2.45, 2.75) is 44.2 Å². The second-order valence-corrected chi connectivity index (χ2v) is 6.15. The first-order chi connectivity index (χ1) is 9.78. The van der Waals surface area contributed by atoms with Crippen molar-refractivity contribution < 1.29 is 9.47 Å². The Hall–Kier alpha value is -1.25. The number of rotatable bonds is 3. The van der Waals surface area contributed by atoms with E-state index >= 15 is 0 Å². The Balaban J connectivity index is 1.79. The van der Waals surface area contributed by atoms with Gasteiger partial charge in [0.05, 0.1) is 10.5 Å². The molecule has 0 radical (unpaired) electrons. The van der Waals surface area contributed by atoms with E-state index in [2.05, 4.69) is 27.3 Å². The van der Waals surface area contributed by atoms with Gasteiger partial charge in [0.25, 0.3) is 0 Å². The molecule has 1 aromatic carbocycles. The van der Waals surface area contributed by atoms with Crippen molar-refractivity contribution >= 4 is 15.9 Å². The first-order valence-corrected chi connectivity index (χ1v) is 7.82. The highest BCUT2D eigenvalue weighted by Crippen LogP contribution is 2.41. The molecule has 4 nitrogen and oxygen atoms in total. The molecule has 0 aromatic heterocycles. The van der Waals surface area contributed by atoms with Gasteiger partial charge in [-0.15, -0.1) is 0 Å². The second kappa shape index (κ2) is 6.02. The summed E-state index contributed by atoms with van der Waals surface area (Å²) in [7, 11) is 0. The lowest BCUT2D eigenvalue weighted by Gasteiger charge is -2.25. The maximum absolute atomic E-state index is 9.45. The summed E-state index contributed by atoms with van der Waals surface area (Å²) in [5.74, 6) is 1.43. The number of nitriles is 1. The van der Waals surface area contributed by atoms with Crippen LogP contribution in [0.2, 0.25) is 0 Å². The summed E-state index contributed by atoms with van der Waals surface area (Å²) in [5.41, 5.74) is 0.925. The number of hydrogen-bond acceptors (Lipinski definition) is 4. The highest BCUT2D eigenvalue weighted by Gasteiger charge is 2.23. The highest BCUT2D eigenvalue weighted by molar-refractivity contribution is 9.10. The van der Waals surface area contributed by atoms with Gasteiger partial charge in [-0.25, -0.2) is 0 Å². The number of fused-ring (bicyclic) bond motifs is 1. The third-order valence-electron chi connectivity index (χ3n) is 3.92. The van der Waals surface area contributed by atoms with E-state index in [0.717, 1.165) is 28.6 Å². The number of nitrogens with zero attached hydrogens (tertiary/aromatic N) is 1. The molecule has 1 atom stereocenters. The first-order valence-electron chi connectivity index (χ1n) is 7.02. The van der Waals surface area contributed by atoms with Crippen LogP contribution in [0, 0.1) is 11.3 Å². The van der Waals surface area contributed by atoms with Crippen LogP contribution in [-0.2, 0) is 0 Å². The van der Waals surface area contributed by atoms with Gasteiger partial charge in [0.15, 0.2) is 11.5 Å². The molecule has 3 rings (SSSR count). The lowest BCUT2D eigenvalue weighted by molar-refractivity contribution is 0.173. The maximum Gasteiger partial charge on any atom is 0.231 e. The van der Waals surface area contributed by atoms with E-state index in [0.29, 0.717) is 11.8 Å². The number of halogens is 1. The summed E-state index contributed by atoms with van der Waals surface area (Å²) in [5, 5.41) is 12.9. The Bertz CT molecular complexity index is 535. The summed E-state index contributed by atoms with van der Waals surface area (Å²) < 4.78 is 11.6. The Morgan fingerprint density at radius 3 is 2.80 bits per heavy atom. The molecule has 1 saturated carbocycles. The number of ether oxygens (including phenoxy) is 2. The normalized spacial score (nSPS) is 19.6. The average molecular weight is 337 g/mol. The van der Waals surface area contributed by atoms with Gasteiger partial charge < -0.3 is 9.47 Å². The molecule has 1 aliphatic heterocycles. The van der Waals surface area contributed by atoms with Crippen molar-refractivity contribution in [2.24, 2.45) is 0 Å². The standard InChI is InChI=1S/C15H17BrN2O2/c16-12-6-10(7-14-15(12)20-9-19-14)13(8-17)18-11-4-2-1-3-5-11/h6-7,11,13,18H,1-5,9H2. The van der Waals surface area contributed by atoms with Gasteiger partial charge in [-0.2, -0.15) is 5.26 Å². The van der Waals surface area contributed by atoms with E-state index in [1.807, 2.05) is 12.1 Å². The zero-order valence-corrected chi connectivity index (χ0v) is 12.8. The molecule has 1 aromatic rings. The Labute approximate surface area is 127 Å². The van der Waals surface area contributed by atoms with Gasteiger partial charge in [0.1, 0.15) is 6.04 Å². The molecule has 1 heterocycles. The SMILES string of the molecule is N#CC(NC1CCCCC1)c1cc(Br)c2c(c1)OCO2. The van der Waals surface area contributed by atoms with E-state index < -0.39 is 0 Å². The molecule has 0 spiro atoms. The number of benzene rings is 1. The van der Waals surface area contributed by atoms with Gasteiger partial charge in [-0.3, -0.25) is 5.32 Å². The average Bonchev–Trinajstić information content (AvgIpc) is 2.95. The van der Waals surface area contributed by atoms with Crippen molar-refractivity contribution in [3.8, 4) is 17.6 Å². The van der Waals surface area contributed by atoms with E-state index in [4.69, 9.17) is 9.47 Å². The van der Waals surface area contributed by atoms with Crippen molar-refractivity contribution in [1.82, 2.24) is 5.32 Å². The van der Waals surface area contributed by atoms with Gasteiger partial charge in [0.2, 0.25) is 6.79 Å². The molecule has 1 N–H and O–H groups in total. The minimum Gasteiger partial charge on any atom is -0.454 e. The van der Waals surface area contributed by atoms with E-state index in [9.17, 15) is 5.26 Å². The van der Waals surface area contributed by atoms with Crippen LogP contribution in [0.15, 0.2) is 16.6 Å². The summed E-state index contributed by atoms with van der Waals surface area (Å²) in [6.07, 6.45) is 6.13. The van der Waals surface area contributed by atoms with Gasteiger partial charge >= 0.3 is 0 Å². The minimum atomic E-state index is -0.302. The molecule has 0 amide bonds. The second-order valence-electron chi connectivity index (χ2n) is 5.30. The first kappa shape index (κ1) is 13.7. The third kappa shape index (κ3) is 2.77. The molecule has 106 valence electrons. The third-order valence-corrected chi connectivity index (χ3v) is 4.51. The predicted octanol–water partition coefficient (Wildman–Crippen LogP) is 3.66. The molecule has 2 aliphatic rings. The predicted molar refractivity (Wildman–Crippen MR) is 78.6 cm³/mol. The van der Waals surface area contributed by atoms with Crippen molar-refractivity contribution in [3.63, 3.8) is 0 Å². The maximum atomic E-state index is 9.45. The summed E-state index contributed by atoms with van der Waals surface area (Å²) >= 11 is 3.48. The molecule has 1 fully saturated rings. The van der Waals surface area contributed by atoms with Crippen LogP contribution in [0.1, 0.15) is 43.7 Å². The van der Waals surface area contributed by atoms with Crippen LogP contribution in [0.4, 0.5) is 0 Å². The number of hydrogen-bond donors (Lipinski definition) is 1. The topological polar surface area (TPSA) is 54.3 Å². The van der Waals surface area contributed by atoms with Crippen LogP contribution < -0.4 is 14.8 Å². The lowest BCUT2D eigenvalue weighted by Crippen LogP contribution is -2.33. The molecule has 1 unspecified atom stereocenters. The Kier molecular flexibility index (Phi) is 4.13. The van der Waals surface area contributed by atoms with E-state index in [1.54, 1.807) is 0 Å². The van der Waals surface area contributed by atoms with Crippen molar-refractivity contribution in [2.75, 3.05) is 6.79 Å².